The van der Waals surface area contributed by atoms with Crippen molar-refractivity contribution < 1.29 is 14.7 Å². The molecule has 0 bridgehead atoms. The van der Waals surface area contributed by atoms with Gasteiger partial charge in [-0.1, -0.05) is 6.92 Å². The molecular formula is C14H27N3O3. The van der Waals surface area contributed by atoms with Gasteiger partial charge in [0.2, 0.25) is 0 Å². The molecule has 2 amide bonds. The Bertz CT molecular complexity index is 347. The Kier molecular flexibility index (Phi) is 6.26. The Labute approximate surface area is 121 Å². The molecular weight excluding hydrogens is 258 g/mol. The zero-order valence-electron chi connectivity index (χ0n) is 13.0. The fourth-order valence-corrected chi connectivity index (χ4v) is 2.64. The first-order chi connectivity index (χ1) is 9.36. The number of amides is 2. The second-order valence-electron chi connectivity index (χ2n) is 5.81. The predicted octanol–water partition coefficient (Wildman–Crippen LogP) is 1.32. The number of aliphatic carboxylic acids is 1. The normalized spacial score (nSPS) is 20.2. The SMILES string of the molecule is CCC(C)N(CC(=O)O)C(=O)N1CCCC1CN(C)C. The van der Waals surface area contributed by atoms with E-state index >= 15 is 0 Å². The van der Waals surface area contributed by atoms with Crippen molar-refractivity contribution in [2.45, 2.75) is 45.2 Å². The van der Waals surface area contributed by atoms with Crippen molar-refractivity contribution in [1.82, 2.24) is 14.7 Å². The molecule has 1 rings (SSSR count). The molecule has 1 saturated heterocycles. The molecule has 0 aromatic carbocycles. The zero-order valence-corrected chi connectivity index (χ0v) is 13.0. The van der Waals surface area contributed by atoms with Crippen LogP contribution in [0.2, 0.25) is 0 Å². The van der Waals surface area contributed by atoms with Gasteiger partial charge in [-0.3, -0.25) is 4.79 Å². The number of rotatable bonds is 6. The van der Waals surface area contributed by atoms with Gasteiger partial charge < -0.3 is 19.8 Å². The summed E-state index contributed by atoms with van der Waals surface area (Å²) in [6.45, 7) is 5.20. The summed E-state index contributed by atoms with van der Waals surface area (Å²) in [4.78, 5) is 29.0. The van der Waals surface area contributed by atoms with Crippen LogP contribution < -0.4 is 0 Å². The number of carboxylic acids is 1. The average Bonchev–Trinajstić information content (AvgIpc) is 2.81. The van der Waals surface area contributed by atoms with Crippen molar-refractivity contribution in [1.29, 1.82) is 0 Å². The van der Waals surface area contributed by atoms with Crippen LogP contribution in [0.5, 0.6) is 0 Å². The van der Waals surface area contributed by atoms with Crippen LogP contribution in [0.4, 0.5) is 4.79 Å². The van der Waals surface area contributed by atoms with Crippen molar-refractivity contribution in [3.8, 4) is 0 Å². The first-order valence-corrected chi connectivity index (χ1v) is 7.30. The van der Waals surface area contributed by atoms with Gasteiger partial charge in [0, 0.05) is 25.2 Å². The van der Waals surface area contributed by atoms with Gasteiger partial charge >= 0.3 is 12.0 Å². The van der Waals surface area contributed by atoms with E-state index in [4.69, 9.17) is 5.11 Å². The minimum Gasteiger partial charge on any atom is -0.480 e. The Balaban J connectivity index is 2.79. The zero-order chi connectivity index (χ0) is 15.3. The molecule has 6 heteroatoms. The second kappa shape index (κ2) is 7.47. The van der Waals surface area contributed by atoms with Crippen molar-refractivity contribution in [3.63, 3.8) is 0 Å². The van der Waals surface area contributed by atoms with Gasteiger partial charge in [-0.15, -0.1) is 0 Å². The topological polar surface area (TPSA) is 64.1 Å². The van der Waals surface area contributed by atoms with Gasteiger partial charge in [0.15, 0.2) is 0 Å². The molecule has 1 aliphatic heterocycles. The molecule has 20 heavy (non-hydrogen) atoms. The number of urea groups is 1. The van der Waals surface area contributed by atoms with E-state index in [0.29, 0.717) is 0 Å². The number of nitrogens with zero attached hydrogens (tertiary/aromatic N) is 3. The quantitative estimate of drug-likeness (QED) is 0.799. The first kappa shape index (κ1) is 16.8. The summed E-state index contributed by atoms with van der Waals surface area (Å²) < 4.78 is 0. The minimum absolute atomic E-state index is 0.0563. The lowest BCUT2D eigenvalue weighted by Crippen LogP contribution is -2.52. The van der Waals surface area contributed by atoms with Crippen LogP contribution in [0.3, 0.4) is 0 Å². The van der Waals surface area contributed by atoms with Crippen molar-refractivity contribution in [3.05, 3.63) is 0 Å². The number of carbonyl (C=O) groups excluding carboxylic acids is 1. The van der Waals surface area contributed by atoms with E-state index < -0.39 is 5.97 Å². The highest BCUT2D eigenvalue weighted by atomic mass is 16.4. The highest BCUT2D eigenvalue weighted by Gasteiger charge is 2.34. The molecule has 1 N–H and O–H groups in total. The molecule has 0 spiro atoms. The van der Waals surface area contributed by atoms with E-state index in [1.807, 2.05) is 32.8 Å². The fraction of sp³-hybridized carbons (Fsp3) is 0.857. The van der Waals surface area contributed by atoms with Gasteiger partial charge in [0.25, 0.3) is 0 Å². The van der Waals surface area contributed by atoms with Gasteiger partial charge in [-0.2, -0.15) is 0 Å². The molecule has 0 aromatic rings. The maximum atomic E-state index is 12.6. The molecule has 0 aliphatic carbocycles. The van der Waals surface area contributed by atoms with Crippen molar-refractivity contribution in [2.24, 2.45) is 0 Å². The summed E-state index contributed by atoms with van der Waals surface area (Å²) in [6, 6.07) is 0.00292. The monoisotopic (exact) mass is 285 g/mol. The smallest absolute Gasteiger partial charge is 0.323 e. The van der Waals surface area contributed by atoms with Gasteiger partial charge in [0.1, 0.15) is 6.54 Å². The molecule has 0 radical (unpaired) electrons. The predicted molar refractivity (Wildman–Crippen MR) is 77.8 cm³/mol. The summed E-state index contributed by atoms with van der Waals surface area (Å²) in [6.07, 6.45) is 2.74. The Morgan fingerprint density at radius 2 is 2.05 bits per heavy atom. The summed E-state index contributed by atoms with van der Waals surface area (Å²) in [5.41, 5.74) is 0. The maximum Gasteiger partial charge on any atom is 0.323 e. The van der Waals surface area contributed by atoms with Crippen molar-refractivity contribution in [2.75, 3.05) is 33.7 Å². The van der Waals surface area contributed by atoms with Crippen LogP contribution in [0, 0.1) is 0 Å². The third kappa shape index (κ3) is 4.37. The molecule has 0 saturated carbocycles. The van der Waals surface area contributed by atoms with Crippen LogP contribution in [0.25, 0.3) is 0 Å². The van der Waals surface area contributed by atoms with E-state index in [2.05, 4.69) is 4.90 Å². The fourth-order valence-electron chi connectivity index (χ4n) is 2.64. The standard InChI is InChI=1S/C14H27N3O3/c1-5-11(2)17(10-13(18)19)14(20)16-8-6-7-12(16)9-15(3)4/h11-12H,5-10H2,1-4H3,(H,18,19). The number of likely N-dealkylation sites (tertiary alicyclic amines) is 1. The highest BCUT2D eigenvalue weighted by Crippen LogP contribution is 2.21. The minimum atomic E-state index is -0.956. The lowest BCUT2D eigenvalue weighted by molar-refractivity contribution is -0.138. The van der Waals surface area contributed by atoms with E-state index in [1.165, 1.54) is 4.90 Å². The number of carbonyl (C=O) groups is 2. The maximum absolute atomic E-state index is 12.6. The average molecular weight is 285 g/mol. The van der Waals surface area contributed by atoms with Crippen LogP contribution in [-0.2, 0) is 4.79 Å². The van der Waals surface area contributed by atoms with E-state index in [9.17, 15) is 9.59 Å². The second-order valence-corrected chi connectivity index (χ2v) is 5.81. The summed E-state index contributed by atoms with van der Waals surface area (Å²) in [5, 5.41) is 9.01. The van der Waals surface area contributed by atoms with Gasteiger partial charge in [-0.25, -0.2) is 4.79 Å². The summed E-state index contributed by atoms with van der Waals surface area (Å²) in [5.74, 6) is -0.956. The van der Waals surface area contributed by atoms with Gasteiger partial charge in [-0.05, 0) is 40.3 Å². The lowest BCUT2D eigenvalue weighted by Gasteiger charge is -2.35. The third-order valence-electron chi connectivity index (χ3n) is 3.87. The van der Waals surface area contributed by atoms with Crippen LogP contribution in [0.15, 0.2) is 0 Å². The number of carboxylic acid groups (broad SMARTS) is 1. The largest absolute Gasteiger partial charge is 0.480 e. The number of likely N-dealkylation sites (N-methyl/N-ethyl adjacent to an activating group) is 1. The molecule has 2 unspecified atom stereocenters. The van der Waals surface area contributed by atoms with Crippen LogP contribution in [0.1, 0.15) is 33.1 Å². The molecule has 116 valence electrons. The molecule has 1 heterocycles. The van der Waals surface area contributed by atoms with E-state index in [1.54, 1.807) is 0 Å². The van der Waals surface area contributed by atoms with Crippen LogP contribution >= 0.6 is 0 Å². The van der Waals surface area contributed by atoms with Crippen LogP contribution in [-0.4, -0.2) is 77.6 Å². The van der Waals surface area contributed by atoms with Crippen molar-refractivity contribution >= 4 is 12.0 Å². The Morgan fingerprint density at radius 3 is 2.55 bits per heavy atom. The summed E-state index contributed by atoms with van der Waals surface area (Å²) in [7, 11) is 3.98. The molecule has 1 aliphatic rings. The van der Waals surface area contributed by atoms with E-state index in [-0.39, 0.29) is 24.7 Å². The Hall–Kier alpha value is -1.30. The Morgan fingerprint density at radius 1 is 1.40 bits per heavy atom. The summed E-state index contributed by atoms with van der Waals surface area (Å²) >= 11 is 0. The van der Waals surface area contributed by atoms with E-state index in [0.717, 1.165) is 32.4 Å². The van der Waals surface area contributed by atoms with Gasteiger partial charge in [0.05, 0.1) is 0 Å². The molecule has 0 aromatic heterocycles. The molecule has 1 fully saturated rings. The molecule has 2 atom stereocenters. The molecule has 6 nitrogen and oxygen atoms in total. The lowest BCUT2D eigenvalue weighted by atomic mass is 10.2. The first-order valence-electron chi connectivity index (χ1n) is 7.30. The number of hydrogen-bond donors (Lipinski definition) is 1. The third-order valence-corrected chi connectivity index (χ3v) is 3.87. The highest BCUT2D eigenvalue weighted by molar-refractivity contribution is 5.81. The number of hydrogen-bond acceptors (Lipinski definition) is 3.